The molecule has 36 heavy (non-hydrogen) atoms. The molecule has 0 aliphatic carbocycles. The quantitative estimate of drug-likeness (QED) is 0.369. The number of benzene rings is 2. The maximum Gasteiger partial charge on any atom is 0.237 e. The first-order valence-corrected chi connectivity index (χ1v) is 13.0. The molecular weight excluding hydrogens is 476 g/mol. The molecule has 0 radical (unpaired) electrons. The molecule has 2 aromatic heterocycles. The van der Waals surface area contributed by atoms with E-state index in [9.17, 15) is 18.3 Å². The van der Waals surface area contributed by atoms with Gasteiger partial charge in [-0.05, 0) is 66.9 Å². The molecule has 3 heterocycles. The van der Waals surface area contributed by atoms with Crippen LogP contribution < -0.4 is 10.6 Å². The normalized spacial score (nSPS) is 16.7. The Morgan fingerprint density at radius 3 is 2.56 bits per heavy atom. The van der Waals surface area contributed by atoms with E-state index >= 15 is 0 Å². The number of anilines is 3. The van der Waals surface area contributed by atoms with Gasteiger partial charge in [-0.1, -0.05) is 12.0 Å². The van der Waals surface area contributed by atoms with Gasteiger partial charge in [0.25, 0.3) is 0 Å². The van der Waals surface area contributed by atoms with Crippen LogP contribution in [0.25, 0.3) is 10.8 Å². The first kappa shape index (κ1) is 23.5. The smallest absolute Gasteiger partial charge is 0.237 e. The van der Waals surface area contributed by atoms with Crippen molar-refractivity contribution in [2.75, 3.05) is 23.5 Å². The van der Waals surface area contributed by atoms with E-state index in [4.69, 9.17) is 0 Å². The van der Waals surface area contributed by atoms with Crippen molar-refractivity contribution in [2.45, 2.75) is 17.2 Å². The first-order valence-electron chi connectivity index (χ1n) is 11.1. The molecule has 8 nitrogen and oxygen atoms in total. The summed E-state index contributed by atoms with van der Waals surface area (Å²) >= 11 is 0. The zero-order valence-corrected chi connectivity index (χ0v) is 20.3. The average molecular weight is 499 g/mol. The second-order valence-corrected chi connectivity index (χ2v) is 10.8. The van der Waals surface area contributed by atoms with Crippen molar-refractivity contribution < 1.29 is 18.3 Å². The highest BCUT2D eigenvalue weighted by Crippen LogP contribution is 2.37. The van der Waals surface area contributed by atoms with Gasteiger partial charge < -0.3 is 15.7 Å². The van der Waals surface area contributed by atoms with Crippen LogP contribution in [0, 0.1) is 11.8 Å². The topological polar surface area (TPSA) is 121 Å². The molecule has 0 spiro atoms. The molecule has 0 saturated carbocycles. The number of hydrogen-bond donors (Lipinski definition) is 3. The monoisotopic (exact) mass is 498 g/mol. The fourth-order valence-corrected chi connectivity index (χ4v) is 4.67. The second kappa shape index (κ2) is 8.75. The predicted molar refractivity (Wildman–Crippen MR) is 138 cm³/mol. The van der Waals surface area contributed by atoms with E-state index in [1.54, 1.807) is 49.6 Å². The van der Waals surface area contributed by atoms with E-state index in [1.165, 1.54) is 6.26 Å². The third-order valence-corrected chi connectivity index (χ3v) is 7.34. The maximum atomic E-state index is 12.3. The van der Waals surface area contributed by atoms with Gasteiger partial charge in [-0.2, -0.15) is 0 Å². The molecule has 2 aromatic carbocycles. The number of carbonyl (C=O) groups excluding carboxylic acids is 1. The van der Waals surface area contributed by atoms with Crippen LogP contribution >= 0.6 is 0 Å². The van der Waals surface area contributed by atoms with Gasteiger partial charge in [0.2, 0.25) is 5.91 Å². The van der Waals surface area contributed by atoms with E-state index in [0.717, 1.165) is 16.3 Å². The van der Waals surface area contributed by atoms with Crippen molar-refractivity contribution >= 4 is 43.7 Å². The van der Waals surface area contributed by atoms with Gasteiger partial charge in [0, 0.05) is 46.4 Å². The number of aromatic nitrogens is 2. The van der Waals surface area contributed by atoms with Crippen LogP contribution in [0.4, 0.5) is 17.2 Å². The maximum absolute atomic E-state index is 12.3. The zero-order chi connectivity index (χ0) is 25.5. The van der Waals surface area contributed by atoms with Crippen LogP contribution in [-0.4, -0.2) is 42.3 Å². The van der Waals surface area contributed by atoms with Gasteiger partial charge >= 0.3 is 0 Å². The molecule has 0 fully saturated rings. The van der Waals surface area contributed by atoms with Crippen LogP contribution in [0.1, 0.15) is 23.7 Å². The molecule has 1 amide bonds. The van der Waals surface area contributed by atoms with Crippen LogP contribution in [-0.2, 0) is 20.0 Å². The van der Waals surface area contributed by atoms with Gasteiger partial charge in [-0.3, -0.25) is 4.79 Å². The van der Waals surface area contributed by atoms with E-state index in [0.29, 0.717) is 28.5 Å². The van der Waals surface area contributed by atoms with Crippen LogP contribution in [0.3, 0.4) is 0 Å². The number of sulfone groups is 1. The summed E-state index contributed by atoms with van der Waals surface area (Å²) in [6.07, 6.45) is 4.55. The number of nitrogens with one attached hydrogen (secondary N) is 2. The molecule has 0 unspecified atom stereocenters. The van der Waals surface area contributed by atoms with E-state index < -0.39 is 15.3 Å². The molecule has 5 rings (SSSR count). The standard InChI is InChI=1S/C27H22N4O4S/c1-27(16-32)22-9-3-17(13-24(22)31-26(27)33)4-10-23-21-14-25(29-15-18(21)11-12-28-23)30-19-5-7-20(8-6-19)36(2,34)35/h3,5-9,11-15,32H,16H2,1-2H3,(H,29,30)(H,31,33)/t27-/m0/s1. The van der Waals surface area contributed by atoms with Crippen molar-refractivity contribution in [2.24, 2.45) is 0 Å². The van der Waals surface area contributed by atoms with Gasteiger partial charge in [0.15, 0.2) is 9.84 Å². The lowest BCUT2D eigenvalue weighted by Gasteiger charge is -2.18. The summed E-state index contributed by atoms with van der Waals surface area (Å²) in [7, 11) is -3.27. The molecule has 180 valence electrons. The molecule has 0 saturated heterocycles. The number of rotatable bonds is 4. The molecule has 3 N–H and O–H groups in total. The van der Waals surface area contributed by atoms with Crippen molar-refractivity contribution in [1.29, 1.82) is 0 Å². The van der Waals surface area contributed by atoms with Crippen LogP contribution in [0.5, 0.6) is 0 Å². The fraction of sp³-hybridized carbons (Fsp3) is 0.148. The molecule has 1 atom stereocenters. The number of aliphatic hydroxyl groups excluding tert-OH is 1. The number of pyridine rings is 2. The molecular formula is C27H22N4O4S. The summed E-state index contributed by atoms with van der Waals surface area (Å²) in [5, 5.41) is 17.4. The van der Waals surface area contributed by atoms with Crippen LogP contribution in [0.15, 0.2) is 71.9 Å². The summed E-state index contributed by atoms with van der Waals surface area (Å²) in [6.45, 7) is 1.43. The lowest BCUT2D eigenvalue weighted by atomic mass is 9.84. The van der Waals surface area contributed by atoms with Gasteiger partial charge in [-0.25, -0.2) is 18.4 Å². The van der Waals surface area contributed by atoms with Gasteiger partial charge in [0.1, 0.15) is 11.5 Å². The number of aliphatic hydroxyl groups is 1. The highest BCUT2D eigenvalue weighted by atomic mass is 32.2. The zero-order valence-electron chi connectivity index (χ0n) is 19.5. The van der Waals surface area contributed by atoms with Gasteiger partial charge in [0.05, 0.1) is 16.9 Å². The van der Waals surface area contributed by atoms with E-state index in [2.05, 4.69) is 32.4 Å². The highest BCUT2D eigenvalue weighted by molar-refractivity contribution is 7.90. The third kappa shape index (κ3) is 4.28. The Bertz CT molecular complexity index is 1690. The Balaban J connectivity index is 1.44. The number of amides is 1. The molecule has 0 bridgehead atoms. The SMILES string of the molecule is C[C@@]1(CO)C(=O)Nc2cc(C#Cc3nccc4cnc(Nc5ccc(S(C)(=O)=O)cc5)cc34)ccc21. The lowest BCUT2D eigenvalue weighted by Crippen LogP contribution is -2.34. The number of nitrogens with zero attached hydrogens (tertiary/aromatic N) is 2. The summed E-state index contributed by atoms with van der Waals surface area (Å²) in [6, 6.07) is 15.6. The highest BCUT2D eigenvalue weighted by Gasteiger charge is 2.42. The first-order chi connectivity index (χ1) is 17.2. The fourth-order valence-electron chi connectivity index (χ4n) is 4.04. The molecule has 4 aromatic rings. The van der Waals surface area contributed by atoms with Crippen LogP contribution in [0.2, 0.25) is 0 Å². The Morgan fingerprint density at radius 2 is 1.83 bits per heavy atom. The molecule has 9 heteroatoms. The van der Waals surface area contributed by atoms with Crippen molar-refractivity contribution in [3.63, 3.8) is 0 Å². The van der Waals surface area contributed by atoms with Gasteiger partial charge in [-0.15, -0.1) is 0 Å². The summed E-state index contributed by atoms with van der Waals surface area (Å²) in [4.78, 5) is 21.4. The second-order valence-electron chi connectivity index (χ2n) is 8.83. The van der Waals surface area contributed by atoms with Crippen molar-refractivity contribution in [3.05, 3.63) is 83.8 Å². The number of fused-ring (bicyclic) bond motifs is 2. The Hall–Kier alpha value is -4.26. The largest absolute Gasteiger partial charge is 0.395 e. The minimum Gasteiger partial charge on any atom is -0.395 e. The lowest BCUT2D eigenvalue weighted by molar-refractivity contribution is -0.121. The predicted octanol–water partition coefficient (Wildman–Crippen LogP) is 3.38. The molecule has 1 aliphatic rings. The van der Waals surface area contributed by atoms with Crippen molar-refractivity contribution in [1.82, 2.24) is 9.97 Å². The van der Waals surface area contributed by atoms with E-state index in [1.807, 2.05) is 24.3 Å². The summed E-state index contributed by atoms with van der Waals surface area (Å²) in [5.41, 5.74) is 2.39. The number of carbonyl (C=O) groups is 1. The van der Waals surface area contributed by atoms with Crippen molar-refractivity contribution in [3.8, 4) is 11.8 Å². The number of hydrogen-bond acceptors (Lipinski definition) is 7. The average Bonchev–Trinajstić information content (AvgIpc) is 3.12. The summed E-state index contributed by atoms with van der Waals surface area (Å²) in [5.74, 6) is 6.55. The molecule has 1 aliphatic heterocycles. The Kier molecular flexibility index (Phi) is 5.71. The summed E-state index contributed by atoms with van der Waals surface area (Å²) < 4.78 is 23.4. The van der Waals surface area contributed by atoms with E-state index in [-0.39, 0.29) is 17.4 Å². The Morgan fingerprint density at radius 1 is 1.06 bits per heavy atom. The minimum absolute atomic E-state index is 0.237. The minimum atomic E-state index is -3.27. The Labute approximate surface area is 208 Å². The third-order valence-electron chi connectivity index (χ3n) is 6.21.